The minimum atomic E-state index is -4.50. The highest BCUT2D eigenvalue weighted by atomic mass is 35.5. The summed E-state index contributed by atoms with van der Waals surface area (Å²) in [5, 5.41) is 9.42. The van der Waals surface area contributed by atoms with Gasteiger partial charge in [0.25, 0.3) is 0 Å². The Kier molecular flexibility index (Phi) is 3.86. The van der Waals surface area contributed by atoms with Crippen LogP contribution in [-0.4, -0.2) is 0 Å². The lowest BCUT2D eigenvalue weighted by atomic mass is 10.1. The number of nitrogens with zero attached hydrogens (tertiary/aromatic N) is 1. The van der Waals surface area contributed by atoms with Gasteiger partial charge in [0.2, 0.25) is 0 Å². The maximum atomic E-state index is 12.5. The lowest BCUT2D eigenvalue weighted by molar-refractivity contribution is -0.137. The molecule has 0 atom stereocenters. The first-order valence-electron chi connectivity index (χ1n) is 5.45. The Morgan fingerprint density at radius 1 is 1.05 bits per heavy atom. The molecule has 0 unspecified atom stereocenters. The van der Waals surface area contributed by atoms with Crippen LogP contribution in [0.25, 0.3) is 0 Å². The van der Waals surface area contributed by atoms with Gasteiger partial charge < -0.3 is 4.74 Å². The van der Waals surface area contributed by atoms with Crippen LogP contribution >= 0.6 is 11.6 Å². The summed E-state index contributed by atoms with van der Waals surface area (Å²) in [5.74, 6) is 0.438. The molecule has 20 heavy (non-hydrogen) atoms. The van der Waals surface area contributed by atoms with Gasteiger partial charge in [-0.3, -0.25) is 0 Å². The molecule has 2 aromatic carbocycles. The Bertz CT molecular complexity index is 660. The summed E-state index contributed by atoms with van der Waals surface area (Å²) in [6.45, 7) is 0. The number of hydrogen-bond donors (Lipinski definition) is 0. The third-order valence-electron chi connectivity index (χ3n) is 2.47. The second-order valence-electron chi connectivity index (χ2n) is 3.88. The van der Waals surface area contributed by atoms with Gasteiger partial charge in [-0.15, -0.1) is 0 Å². The predicted octanol–water partition coefficient (Wildman–Crippen LogP) is 5.02. The molecule has 0 radical (unpaired) electrons. The SMILES string of the molecule is N#Cc1cc(C(F)(F)F)ccc1Oc1ccc(Cl)cc1. The summed E-state index contributed by atoms with van der Waals surface area (Å²) in [6, 6.07) is 10.7. The smallest absolute Gasteiger partial charge is 0.416 e. The van der Waals surface area contributed by atoms with Crippen molar-refractivity contribution in [1.82, 2.24) is 0 Å². The Morgan fingerprint density at radius 2 is 1.70 bits per heavy atom. The summed E-state index contributed by atoms with van der Waals surface area (Å²) in [4.78, 5) is 0. The molecular weight excluding hydrogens is 291 g/mol. The van der Waals surface area contributed by atoms with Crippen LogP contribution in [0, 0.1) is 11.3 Å². The highest BCUT2D eigenvalue weighted by molar-refractivity contribution is 6.30. The van der Waals surface area contributed by atoms with E-state index in [-0.39, 0.29) is 11.3 Å². The summed E-state index contributed by atoms with van der Waals surface area (Å²) >= 11 is 5.71. The number of rotatable bonds is 2. The Hall–Kier alpha value is -2.19. The van der Waals surface area contributed by atoms with Gasteiger partial charge in [0.05, 0.1) is 11.1 Å². The first kappa shape index (κ1) is 14.2. The molecule has 0 saturated heterocycles. The van der Waals surface area contributed by atoms with Crippen LogP contribution in [0.15, 0.2) is 42.5 Å². The van der Waals surface area contributed by atoms with Gasteiger partial charge in [0.15, 0.2) is 0 Å². The van der Waals surface area contributed by atoms with E-state index in [1.54, 1.807) is 30.3 Å². The van der Waals surface area contributed by atoms with Gasteiger partial charge in [-0.05, 0) is 42.5 Å². The largest absolute Gasteiger partial charge is 0.456 e. The van der Waals surface area contributed by atoms with Gasteiger partial charge >= 0.3 is 6.18 Å². The highest BCUT2D eigenvalue weighted by Crippen LogP contribution is 2.33. The first-order chi connectivity index (χ1) is 9.40. The van der Waals surface area contributed by atoms with Crippen molar-refractivity contribution in [1.29, 1.82) is 5.26 Å². The van der Waals surface area contributed by atoms with E-state index in [9.17, 15) is 13.2 Å². The molecule has 0 aliphatic carbocycles. The molecule has 0 spiro atoms. The maximum absolute atomic E-state index is 12.5. The molecule has 0 aliphatic heterocycles. The normalized spacial score (nSPS) is 10.9. The lowest BCUT2D eigenvalue weighted by Crippen LogP contribution is -2.05. The minimum Gasteiger partial charge on any atom is -0.456 e. The van der Waals surface area contributed by atoms with Gasteiger partial charge in [-0.2, -0.15) is 18.4 Å². The van der Waals surface area contributed by atoms with Crippen LogP contribution in [0.3, 0.4) is 0 Å². The van der Waals surface area contributed by atoms with Crippen LogP contribution in [0.2, 0.25) is 5.02 Å². The number of benzene rings is 2. The topological polar surface area (TPSA) is 33.0 Å². The predicted molar refractivity (Wildman–Crippen MR) is 67.7 cm³/mol. The number of ether oxygens (including phenoxy) is 1. The van der Waals surface area contributed by atoms with Crippen LogP contribution < -0.4 is 4.74 Å². The molecule has 0 aromatic heterocycles. The molecule has 2 aromatic rings. The van der Waals surface area contributed by atoms with Crippen molar-refractivity contribution in [3.63, 3.8) is 0 Å². The molecule has 6 heteroatoms. The van der Waals surface area contributed by atoms with Crippen LogP contribution in [0.1, 0.15) is 11.1 Å². The fourth-order valence-electron chi connectivity index (χ4n) is 1.51. The van der Waals surface area contributed by atoms with E-state index in [0.717, 1.165) is 18.2 Å². The summed E-state index contributed by atoms with van der Waals surface area (Å²) in [5.41, 5.74) is -1.08. The van der Waals surface area contributed by atoms with Crippen molar-refractivity contribution >= 4 is 11.6 Å². The van der Waals surface area contributed by atoms with Gasteiger partial charge in [0.1, 0.15) is 17.6 Å². The molecule has 0 saturated carbocycles. The highest BCUT2D eigenvalue weighted by Gasteiger charge is 2.31. The zero-order valence-electron chi connectivity index (χ0n) is 9.91. The maximum Gasteiger partial charge on any atom is 0.416 e. The minimum absolute atomic E-state index is 0.0582. The average molecular weight is 298 g/mol. The third kappa shape index (κ3) is 3.22. The van der Waals surface area contributed by atoms with Crippen molar-refractivity contribution in [3.8, 4) is 17.6 Å². The van der Waals surface area contributed by atoms with E-state index < -0.39 is 11.7 Å². The van der Waals surface area contributed by atoms with E-state index in [4.69, 9.17) is 21.6 Å². The number of alkyl halides is 3. The van der Waals surface area contributed by atoms with Crippen molar-refractivity contribution in [2.24, 2.45) is 0 Å². The second-order valence-corrected chi connectivity index (χ2v) is 4.31. The second kappa shape index (κ2) is 5.43. The van der Waals surface area contributed by atoms with Crippen LogP contribution in [0.5, 0.6) is 11.5 Å². The van der Waals surface area contributed by atoms with E-state index in [2.05, 4.69) is 0 Å². The first-order valence-corrected chi connectivity index (χ1v) is 5.83. The standard InChI is InChI=1S/C14H7ClF3NO/c15-11-2-4-12(5-3-11)20-13-6-1-10(14(16,17)18)7-9(13)8-19/h1-7H. The van der Waals surface area contributed by atoms with Crippen molar-refractivity contribution in [3.05, 3.63) is 58.6 Å². The van der Waals surface area contributed by atoms with Crippen molar-refractivity contribution in [2.75, 3.05) is 0 Å². The van der Waals surface area contributed by atoms with Gasteiger partial charge in [-0.25, -0.2) is 0 Å². The van der Waals surface area contributed by atoms with Gasteiger partial charge in [-0.1, -0.05) is 11.6 Å². The van der Waals surface area contributed by atoms with E-state index in [0.29, 0.717) is 10.8 Å². The zero-order valence-corrected chi connectivity index (χ0v) is 10.7. The van der Waals surface area contributed by atoms with Gasteiger partial charge in [0, 0.05) is 5.02 Å². The monoisotopic (exact) mass is 297 g/mol. The van der Waals surface area contributed by atoms with Crippen LogP contribution in [0.4, 0.5) is 13.2 Å². The average Bonchev–Trinajstić information content (AvgIpc) is 2.40. The fourth-order valence-corrected chi connectivity index (χ4v) is 1.64. The molecule has 0 bridgehead atoms. The molecule has 0 N–H and O–H groups in total. The van der Waals surface area contributed by atoms with E-state index in [1.807, 2.05) is 0 Å². The quantitative estimate of drug-likeness (QED) is 0.779. The molecule has 0 heterocycles. The Labute approximate surface area is 118 Å². The van der Waals surface area contributed by atoms with Crippen LogP contribution in [-0.2, 0) is 6.18 Å². The Morgan fingerprint density at radius 3 is 2.25 bits per heavy atom. The summed E-state index contributed by atoms with van der Waals surface area (Å²) in [7, 11) is 0. The molecule has 0 aliphatic rings. The van der Waals surface area contributed by atoms with E-state index in [1.165, 1.54) is 0 Å². The molecule has 102 valence electrons. The molecule has 0 amide bonds. The molecule has 0 fully saturated rings. The summed E-state index contributed by atoms with van der Waals surface area (Å²) in [6.07, 6.45) is -4.50. The Balaban J connectivity index is 2.33. The molecular formula is C14H7ClF3NO. The molecule has 2 rings (SSSR count). The van der Waals surface area contributed by atoms with Crippen molar-refractivity contribution < 1.29 is 17.9 Å². The number of halogens is 4. The third-order valence-corrected chi connectivity index (χ3v) is 2.72. The zero-order chi connectivity index (χ0) is 14.8. The fraction of sp³-hybridized carbons (Fsp3) is 0.0714. The van der Waals surface area contributed by atoms with Crippen molar-refractivity contribution in [2.45, 2.75) is 6.18 Å². The lowest BCUT2D eigenvalue weighted by Gasteiger charge is -2.11. The molecule has 2 nitrogen and oxygen atoms in total. The number of hydrogen-bond acceptors (Lipinski definition) is 2. The van der Waals surface area contributed by atoms with E-state index >= 15 is 0 Å². The summed E-state index contributed by atoms with van der Waals surface area (Å²) < 4.78 is 43.0. The number of nitriles is 1.